The smallest absolute Gasteiger partial charge is 0.274 e. The fourth-order valence-electron chi connectivity index (χ4n) is 5.17. The summed E-state index contributed by atoms with van der Waals surface area (Å²) in [6.07, 6.45) is 6.77. The SMILES string of the molecule is COc1cccc2c1C1(CCN(C(=O)c3n[nH]c4c3CCCC4)CC1)OCC2. The molecule has 1 saturated heterocycles. The maximum atomic E-state index is 13.2. The van der Waals surface area contributed by atoms with Crippen LogP contribution in [0.2, 0.25) is 0 Å². The van der Waals surface area contributed by atoms with Gasteiger partial charge in [-0.3, -0.25) is 9.89 Å². The normalized spacial score (nSPS) is 20.5. The maximum absolute atomic E-state index is 13.2. The van der Waals surface area contributed by atoms with Crippen molar-refractivity contribution < 1.29 is 14.3 Å². The molecule has 0 saturated carbocycles. The number of aromatic amines is 1. The lowest BCUT2D eigenvalue weighted by Gasteiger charge is -2.45. The van der Waals surface area contributed by atoms with Crippen molar-refractivity contribution in [2.24, 2.45) is 0 Å². The van der Waals surface area contributed by atoms with Crippen LogP contribution in [-0.2, 0) is 29.6 Å². The van der Waals surface area contributed by atoms with Crippen molar-refractivity contribution >= 4 is 5.91 Å². The van der Waals surface area contributed by atoms with Crippen molar-refractivity contribution in [1.29, 1.82) is 0 Å². The van der Waals surface area contributed by atoms with Crippen LogP contribution in [0.4, 0.5) is 0 Å². The highest BCUT2D eigenvalue weighted by Crippen LogP contribution is 2.46. The molecule has 0 bridgehead atoms. The lowest BCUT2D eigenvalue weighted by molar-refractivity contribution is -0.0947. The Balaban J connectivity index is 1.38. The van der Waals surface area contributed by atoms with E-state index < -0.39 is 0 Å². The predicted octanol–water partition coefficient (Wildman–Crippen LogP) is 3.00. The minimum absolute atomic E-state index is 0.0605. The summed E-state index contributed by atoms with van der Waals surface area (Å²) >= 11 is 0. The number of aryl methyl sites for hydroxylation is 1. The van der Waals surface area contributed by atoms with Gasteiger partial charge in [0.25, 0.3) is 5.91 Å². The minimum atomic E-state index is -0.345. The standard InChI is InChI=1S/C22H27N3O3/c1-27-18-8-4-5-15-9-14-28-22(19(15)18)10-12-25(13-11-22)21(26)20-16-6-2-3-7-17(16)23-24-20/h4-5,8H,2-3,6-7,9-14H2,1H3,(H,23,24). The third kappa shape index (κ3) is 2.73. The molecule has 1 amide bonds. The van der Waals surface area contributed by atoms with E-state index in [1.54, 1.807) is 7.11 Å². The van der Waals surface area contributed by atoms with Gasteiger partial charge in [0.2, 0.25) is 0 Å². The molecule has 1 spiro atoms. The summed E-state index contributed by atoms with van der Waals surface area (Å²) < 4.78 is 12.0. The Labute approximate surface area is 165 Å². The quantitative estimate of drug-likeness (QED) is 0.868. The number of rotatable bonds is 2. The monoisotopic (exact) mass is 381 g/mol. The highest BCUT2D eigenvalue weighted by Gasteiger charge is 2.44. The number of amides is 1. The first-order valence-electron chi connectivity index (χ1n) is 10.4. The van der Waals surface area contributed by atoms with E-state index in [-0.39, 0.29) is 11.5 Å². The molecular weight excluding hydrogens is 354 g/mol. The third-order valence-corrected chi connectivity index (χ3v) is 6.66. The zero-order valence-corrected chi connectivity index (χ0v) is 16.4. The zero-order valence-electron chi connectivity index (χ0n) is 16.4. The van der Waals surface area contributed by atoms with Crippen LogP contribution in [0.3, 0.4) is 0 Å². The van der Waals surface area contributed by atoms with Crippen LogP contribution < -0.4 is 4.74 Å². The van der Waals surface area contributed by atoms with Crippen molar-refractivity contribution in [3.05, 3.63) is 46.3 Å². The first kappa shape index (κ1) is 17.7. The summed E-state index contributed by atoms with van der Waals surface area (Å²) in [6, 6.07) is 6.24. The van der Waals surface area contributed by atoms with Gasteiger partial charge in [0.15, 0.2) is 5.69 Å². The molecule has 1 aromatic carbocycles. The summed E-state index contributed by atoms with van der Waals surface area (Å²) in [5, 5.41) is 7.47. The summed E-state index contributed by atoms with van der Waals surface area (Å²) in [7, 11) is 1.72. The Morgan fingerprint density at radius 1 is 1.21 bits per heavy atom. The number of carbonyl (C=O) groups excluding carboxylic acids is 1. The molecule has 5 rings (SSSR count). The third-order valence-electron chi connectivity index (χ3n) is 6.66. The second-order valence-corrected chi connectivity index (χ2v) is 8.12. The number of hydrogen-bond acceptors (Lipinski definition) is 4. The first-order valence-corrected chi connectivity index (χ1v) is 10.4. The molecule has 1 fully saturated rings. The molecule has 1 N–H and O–H groups in total. The van der Waals surface area contributed by atoms with Crippen molar-refractivity contribution in [1.82, 2.24) is 15.1 Å². The van der Waals surface area contributed by atoms with Gasteiger partial charge in [0.05, 0.1) is 13.7 Å². The number of nitrogens with zero attached hydrogens (tertiary/aromatic N) is 2. The average Bonchev–Trinajstić information content (AvgIpc) is 3.18. The summed E-state index contributed by atoms with van der Waals surface area (Å²) in [5.74, 6) is 0.962. The van der Waals surface area contributed by atoms with Crippen LogP contribution >= 0.6 is 0 Å². The number of carbonyl (C=O) groups is 1. The molecule has 2 aromatic rings. The number of H-pyrrole nitrogens is 1. The van der Waals surface area contributed by atoms with Crippen LogP contribution in [0.1, 0.15) is 58.6 Å². The molecule has 3 heterocycles. The van der Waals surface area contributed by atoms with Gasteiger partial charge >= 0.3 is 0 Å². The minimum Gasteiger partial charge on any atom is -0.496 e. The number of benzene rings is 1. The Bertz CT molecular complexity index is 882. The molecule has 2 aliphatic heterocycles. The molecule has 28 heavy (non-hydrogen) atoms. The average molecular weight is 381 g/mol. The molecule has 1 aromatic heterocycles. The molecule has 6 heteroatoms. The van der Waals surface area contributed by atoms with E-state index >= 15 is 0 Å². The molecule has 0 atom stereocenters. The van der Waals surface area contributed by atoms with E-state index in [0.29, 0.717) is 18.8 Å². The van der Waals surface area contributed by atoms with E-state index in [1.807, 2.05) is 11.0 Å². The Hall–Kier alpha value is -2.34. The summed E-state index contributed by atoms with van der Waals surface area (Å²) in [5.41, 5.74) is 5.07. The number of aromatic nitrogens is 2. The number of fused-ring (bicyclic) bond motifs is 3. The van der Waals surface area contributed by atoms with Crippen LogP contribution in [0, 0.1) is 0 Å². The van der Waals surface area contributed by atoms with Gasteiger partial charge in [0, 0.05) is 29.9 Å². The van der Waals surface area contributed by atoms with Crippen LogP contribution in [-0.4, -0.2) is 47.8 Å². The topological polar surface area (TPSA) is 67.5 Å². The van der Waals surface area contributed by atoms with Crippen LogP contribution in [0.5, 0.6) is 5.75 Å². The second-order valence-electron chi connectivity index (χ2n) is 8.12. The fraction of sp³-hybridized carbons (Fsp3) is 0.545. The van der Waals surface area contributed by atoms with Crippen LogP contribution in [0.25, 0.3) is 0 Å². The number of nitrogens with one attached hydrogen (secondary N) is 1. The second kappa shape index (κ2) is 6.92. The number of piperidine rings is 1. The fourth-order valence-corrected chi connectivity index (χ4v) is 5.17. The van der Waals surface area contributed by atoms with Gasteiger partial charge in [-0.2, -0.15) is 5.10 Å². The number of likely N-dealkylation sites (tertiary alicyclic amines) is 1. The van der Waals surface area contributed by atoms with Crippen LogP contribution in [0.15, 0.2) is 18.2 Å². The zero-order chi connectivity index (χ0) is 19.1. The number of hydrogen-bond donors (Lipinski definition) is 1. The van der Waals surface area contributed by atoms with Crippen molar-refractivity contribution in [2.75, 3.05) is 26.8 Å². The first-order chi connectivity index (χ1) is 13.7. The molecule has 0 unspecified atom stereocenters. The van der Waals surface area contributed by atoms with Crippen molar-refractivity contribution in [2.45, 2.75) is 50.5 Å². The highest BCUT2D eigenvalue weighted by molar-refractivity contribution is 5.94. The number of ether oxygens (including phenoxy) is 2. The van der Waals surface area contributed by atoms with Gasteiger partial charge in [-0.15, -0.1) is 0 Å². The van der Waals surface area contributed by atoms with Gasteiger partial charge in [-0.25, -0.2) is 0 Å². The Morgan fingerprint density at radius 2 is 2.04 bits per heavy atom. The summed E-state index contributed by atoms with van der Waals surface area (Å²) in [6.45, 7) is 2.08. The molecular formula is C22H27N3O3. The van der Waals surface area contributed by atoms with Crippen molar-refractivity contribution in [3.8, 4) is 5.75 Å². The molecule has 1 aliphatic carbocycles. The molecule has 0 radical (unpaired) electrons. The maximum Gasteiger partial charge on any atom is 0.274 e. The predicted molar refractivity (Wildman–Crippen MR) is 105 cm³/mol. The van der Waals surface area contributed by atoms with Gasteiger partial charge in [-0.1, -0.05) is 12.1 Å². The molecule has 148 valence electrons. The van der Waals surface area contributed by atoms with E-state index in [1.165, 1.54) is 17.5 Å². The molecule has 6 nitrogen and oxygen atoms in total. The van der Waals surface area contributed by atoms with Gasteiger partial charge in [0.1, 0.15) is 11.4 Å². The van der Waals surface area contributed by atoms with Gasteiger partial charge < -0.3 is 14.4 Å². The van der Waals surface area contributed by atoms with E-state index in [4.69, 9.17) is 9.47 Å². The Morgan fingerprint density at radius 3 is 2.86 bits per heavy atom. The largest absolute Gasteiger partial charge is 0.496 e. The van der Waals surface area contributed by atoms with E-state index in [0.717, 1.165) is 62.1 Å². The lowest BCUT2D eigenvalue weighted by atomic mass is 9.78. The number of methoxy groups -OCH3 is 1. The lowest BCUT2D eigenvalue weighted by Crippen LogP contribution is -2.48. The van der Waals surface area contributed by atoms with E-state index in [9.17, 15) is 4.79 Å². The van der Waals surface area contributed by atoms with E-state index in [2.05, 4.69) is 22.3 Å². The highest BCUT2D eigenvalue weighted by atomic mass is 16.5. The van der Waals surface area contributed by atoms with Crippen molar-refractivity contribution in [3.63, 3.8) is 0 Å². The Kier molecular flexibility index (Phi) is 4.38. The molecule has 3 aliphatic rings. The van der Waals surface area contributed by atoms with Gasteiger partial charge in [-0.05, 0) is 56.6 Å². The summed E-state index contributed by atoms with van der Waals surface area (Å²) in [4.78, 5) is 15.1.